The summed E-state index contributed by atoms with van der Waals surface area (Å²) in [5.74, 6) is -1.84. The molecule has 366 valence electrons. The number of aliphatic hydroxyl groups excluding tert-OH is 1. The second kappa shape index (κ2) is 20.4. The number of fused-ring (bicyclic) bond motifs is 2. The van der Waals surface area contributed by atoms with Crippen LogP contribution in [0.4, 0.5) is 19.4 Å². The van der Waals surface area contributed by atoms with Crippen LogP contribution >= 0.6 is 11.6 Å². The number of rotatable bonds is 16. The van der Waals surface area contributed by atoms with Gasteiger partial charge in [-0.3, -0.25) is 24.5 Å². The number of likely N-dealkylation sites (tertiary alicyclic amines) is 2. The molecule has 14 nitrogen and oxygen atoms in total. The Morgan fingerprint density at radius 3 is 2.46 bits per heavy atom. The molecule has 17 heteroatoms. The number of benzene rings is 4. The van der Waals surface area contributed by atoms with E-state index in [4.69, 9.17) is 26.8 Å². The summed E-state index contributed by atoms with van der Waals surface area (Å²) in [4.78, 5) is 43.8. The number of aromatic nitrogens is 2. The van der Waals surface area contributed by atoms with Crippen LogP contribution in [0.2, 0.25) is 5.02 Å². The first kappa shape index (κ1) is 48.4. The van der Waals surface area contributed by atoms with Gasteiger partial charge in [-0.15, -0.1) is 0 Å². The van der Waals surface area contributed by atoms with Crippen molar-refractivity contribution in [3.63, 3.8) is 0 Å². The van der Waals surface area contributed by atoms with E-state index in [2.05, 4.69) is 50.7 Å². The van der Waals surface area contributed by atoms with Crippen LogP contribution in [0.5, 0.6) is 11.5 Å². The lowest BCUT2D eigenvalue weighted by molar-refractivity contribution is -0.120. The highest BCUT2D eigenvalue weighted by Crippen LogP contribution is 2.56. The summed E-state index contributed by atoms with van der Waals surface area (Å²) in [5.41, 5.74) is 7.76. The number of nitrogens with one attached hydrogen (secondary N) is 2. The number of halogens is 3. The second-order valence-corrected chi connectivity index (χ2v) is 19.6. The zero-order valence-electron chi connectivity index (χ0n) is 39.4. The van der Waals surface area contributed by atoms with Crippen molar-refractivity contribution in [2.45, 2.75) is 75.9 Å². The van der Waals surface area contributed by atoms with Crippen molar-refractivity contribution in [2.75, 3.05) is 70.5 Å². The van der Waals surface area contributed by atoms with Crippen LogP contribution in [0.1, 0.15) is 91.3 Å². The summed E-state index contributed by atoms with van der Waals surface area (Å²) < 4.78 is 46.4. The van der Waals surface area contributed by atoms with Crippen molar-refractivity contribution in [1.82, 2.24) is 30.2 Å². The first-order chi connectivity index (χ1) is 33.3. The maximum Gasteiger partial charge on any atom is 0.329 e. The third-order valence-electron chi connectivity index (χ3n) is 14.9. The number of anilines is 1. The molecule has 4 aliphatic heterocycles. The molecule has 69 heavy (non-hydrogen) atoms. The van der Waals surface area contributed by atoms with E-state index >= 15 is 8.78 Å². The number of ether oxygens (including phenoxy) is 2. The molecule has 4 amide bonds. The van der Waals surface area contributed by atoms with Crippen LogP contribution in [-0.2, 0) is 17.4 Å². The SMILES string of the molecule is CC(CCN1CCC(CN2CCC(c3ccc4c(N5CCC(=O)NC5=O)nn(C)c4c3)CC2)CC1)NCC1(c2ccccc2)Oc2cc(F)c(Cl)c(-c3c(C(N)=O)ccc(OCCO)c3F)c2C1C. The fourth-order valence-corrected chi connectivity index (χ4v) is 11.2. The maximum absolute atomic E-state index is 16.4. The number of urea groups is 1. The first-order valence-corrected chi connectivity index (χ1v) is 24.5. The standard InChI is InChI=1S/C52H61ClF2N8O6/c1-31(13-19-61-20-14-33(15-21-61)29-62-22-16-34(17-23-62)35-9-10-37-40(27-35)60(3)59-50(37)63-24-18-43(65)58-51(63)67)57-30-52(36-7-5-4-6-8-36)32(2)44-42(69-52)28-39(54)47(53)46(44)45-38(49(56)66)11-12-41(48(45)55)68-26-25-64/h4-12,27-28,31-34,57,64H,13-26,29-30H2,1-3H3,(H2,56,66)(H,58,65,67). The molecule has 0 spiro atoms. The molecule has 0 aliphatic carbocycles. The summed E-state index contributed by atoms with van der Waals surface area (Å²) in [7, 11) is 1.90. The monoisotopic (exact) mass is 966 g/mol. The molecule has 4 aliphatic rings. The highest BCUT2D eigenvalue weighted by atomic mass is 35.5. The van der Waals surface area contributed by atoms with Crippen molar-refractivity contribution < 1.29 is 37.7 Å². The lowest BCUT2D eigenvalue weighted by Crippen LogP contribution is -2.49. The van der Waals surface area contributed by atoms with Crippen LogP contribution in [0, 0.1) is 17.6 Å². The van der Waals surface area contributed by atoms with Crippen LogP contribution in [0.15, 0.2) is 66.7 Å². The molecule has 4 aromatic carbocycles. The van der Waals surface area contributed by atoms with E-state index in [9.17, 15) is 19.5 Å². The summed E-state index contributed by atoms with van der Waals surface area (Å²) in [6.07, 6.45) is 5.64. The van der Waals surface area contributed by atoms with Gasteiger partial charge < -0.3 is 35.4 Å². The zero-order valence-corrected chi connectivity index (χ0v) is 40.2. The van der Waals surface area contributed by atoms with Gasteiger partial charge in [0, 0.05) is 73.2 Å². The Bertz CT molecular complexity index is 2720. The molecule has 1 aromatic heterocycles. The molecule has 0 radical (unpaired) electrons. The van der Waals surface area contributed by atoms with E-state index in [0.29, 0.717) is 36.3 Å². The highest BCUT2D eigenvalue weighted by Gasteiger charge is 2.50. The van der Waals surface area contributed by atoms with E-state index in [1.165, 1.54) is 23.8 Å². The van der Waals surface area contributed by atoms with Crippen LogP contribution in [0.3, 0.4) is 0 Å². The maximum atomic E-state index is 16.4. The normalized spacial score (nSPS) is 21.1. The molecular formula is C52H61ClF2N8O6. The van der Waals surface area contributed by atoms with Crippen molar-refractivity contribution in [3.05, 3.63) is 106 Å². The van der Waals surface area contributed by atoms with Gasteiger partial charge in [-0.25, -0.2) is 13.6 Å². The Morgan fingerprint density at radius 2 is 1.75 bits per heavy atom. The molecule has 0 saturated carbocycles. The predicted molar refractivity (Wildman–Crippen MR) is 261 cm³/mol. The topological polar surface area (TPSA) is 168 Å². The van der Waals surface area contributed by atoms with Crippen molar-refractivity contribution in [2.24, 2.45) is 18.7 Å². The number of carbonyl (C=O) groups excluding carboxylic acids is 3. The van der Waals surface area contributed by atoms with Gasteiger partial charge in [-0.1, -0.05) is 54.9 Å². The van der Waals surface area contributed by atoms with Gasteiger partial charge in [0.15, 0.2) is 23.0 Å². The molecule has 5 N–H and O–H groups in total. The zero-order chi connectivity index (χ0) is 48.6. The summed E-state index contributed by atoms with van der Waals surface area (Å²) in [5, 5.41) is 20.7. The highest BCUT2D eigenvalue weighted by molar-refractivity contribution is 6.34. The molecule has 3 unspecified atom stereocenters. The molecule has 3 atom stereocenters. The molecule has 3 fully saturated rings. The van der Waals surface area contributed by atoms with Crippen LogP contribution in [-0.4, -0.2) is 114 Å². The fourth-order valence-electron chi connectivity index (χ4n) is 11.0. The minimum Gasteiger partial charge on any atom is -0.488 e. The van der Waals surface area contributed by atoms with E-state index < -0.39 is 35.1 Å². The van der Waals surface area contributed by atoms with E-state index in [-0.39, 0.29) is 64.8 Å². The van der Waals surface area contributed by atoms with E-state index in [1.54, 1.807) is 4.90 Å². The summed E-state index contributed by atoms with van der Waals surface area (Å²) in [6, 6.07) is 19.6. The van der Waals surface area contributed by atoms with Crippen LogP contribution in [0.25, 0.3) is 22.0 Å². The van der Waals surface area contributed by atoms with Gasteiger partial charge in [0.2, 0.25) is 11.8 Å². The van der Waals surface area contributed by atoms with Gasteiger partial charge in [-0.05, 0) is 119 Å². The quantitative estimate of drug-likeness (QED) is 0.0781. The minimum absolute atomic E-state index is 0.0269. The Morgan fingerprint density at radius 1 is 1.01 bits per heavy atom. The third kappa shape index (κ3) is 9.66. The number of carbonyl (C=O) groups is 3. The largest absolute Gasteiger partial charge is 0.488 e. The van der Waals surface area contributed by atoms with Gasteiger partial charge >= 0.3 is 6.03 Å². The molecular weight excluding hydrogens is 906 g/mol. The van der Waals surface area contributed by atoms with Crippen molar-refractivity contribution in [1.29, 1.82) is 0 Å². The van der Waals surface area contributed by atoms with Gasteiger partial charge in [-0.2, -0.15) is 5.10 Å². The second-order valence-electron chi connectivity index (χ2n) is 19.2. The number of primary amides is 1. The smallest absolute Gasteiger partial charge is 0.329 e. The molecule has 0 bridgehead atoms. The lowest BCUT2D eigenvalue weighted by atomic mass is 9.77. The number of imide groups is 1. The van der Waals surface area contributed by atoms with Crippen LogP contribution < -0.4 is 30.7 Å². The van der Waals surface area contributed by atoms with Gasteiger partial charge in [0.25, 0.3) is 0 Å². The number of hydrogen-bond acceptors (Lipinski definition) is 10. The van der Waals surface area contributed by atoms with Crippen molar-refractivity contribution >= 4 is 46.2 Å². The van der Waals surface area contributed by atoms with Gasteiger partial charge in [0.1, 0.15) is 18.2 Å². The molecule has 3 saturated heterocycles. The average molecular weight is 968 g/mol. The number of aliphatic hydroxyl groups is 1. The minimum atomic E-state index is -1.06. The molecule has 5 heterocycles. The Kier molecular flexibility index (Phi) is 14.3. The summed E-state index contributed by atoms with van der Waals surface area (Å²) >= 11 is 6.72. The number of piperidine rings is 2. The number of amides is 4. The van der Waals surface area contributed by atoms with E-state index in [0.717, 1.165) is 87.8 Å². The number of nitrogens with zero attached hydrogens (tertiary/aromatic N) is 5. The van der Waals surface area contributed by atoms with E-state index in [1.807, 2.05) is 49.0 Å². The number of hydrogen-bond donors (Lipinski definition) is 4. The Hall–Kier alpha value is -5.65. The number of aryl methyl sites for hydroxylation is 1. The van der Waals surface area contributed by atoms with Crippen molar-refractivity contribution in [3.8, 4) is 22.6 Å². The Labute approximate surface area is 406 Å². The average Bonchev–Trinajstić information content (AvgIpc) is 3.82. The number of nitrogens with two attached hydrogens (primary N) is 1. The Balaban J connectivity index is 0.795. The lowest BCUT2D eigenvalue weighted by Gasteiger charge is -2.38. The molecule has 9 rings (SSSR count). The van der Waals surface area contributed by atoms with Gasteiger partial charge in [0.05, 0.1) is 22.7 Å². The summed E-state index contributed by atoms with van der Waals surface area (Å²) in [6.45, 7) is 10.4. The molecule has 5 aromatic rings. The predicted octanol–water partition coefficient (Wildman–Crippen LogP) is 7.44. The third-order valence-corrected chi connectivity index (χ3v) is 15.3. The first-order valence-electron chi connectivity index (χ1n) is 24.1. The fraction of sp³-hybridized carbons (Fsp3) is 0.462.